The fraction of sp³-hybridized carbons (Fsp3) is 0.417. The summed E-state index contributed by atoms with van der Waals surface area (Å²) in [7, 11) is 0. The van der Waals surface area contributed by atoms with Gasteiger partial charge in [-0.1, -0.05) is 127 Å². The van der Waals surface area contributed by atoms with Gasteiger partial charge in [-0.2, -0.15) is 0 Å². The molecule has 0 bridgehead atoms. The standard InChI is InChI=1S/C48H55NO10/c1-35(50)57-48(28-27-40-33-56-47(5,6)49(40)45(51)59-46(2,3)4)44(55-32-39-25-17-10-18-26-39)43(54-31-38-23-15-9-16-24-38)42(53-30-37-21-13-8-14-22-37)41(58-48)34-52-29-36-19-11-7-12-20-36/h7-26,40-44H,29-34H2,1-6H3/t40-,41+,42-,43-,44+,48-/m0/s1. The Morgan fingerprint density at radius 1 is 0.712 bits per heavy atom. The van der Waals surface area contributed by atoms with E-state index in [1.807, 2.05) is 121 Å². The Balaban J connectivity index is 1.46. The summed E-state index contributed by atoms with van der Waals surface area (Å²) in [4.78, 5) is 28.4. The molecule has 2 saturated heterocycles. The molecule has 11 nitrogen and oxygen atoms in total. The zero-order valence-electron chi connectivity index (χ0n) is 34.7. The van der Waals surface area contributed by atoms with Crippen LogP contribution in [0.5, 0.6) is 0 Å². The van der Waals surface area contributed by atoms with Crippen LogP contribution < -0.4 is 0 Å². The highest BCUT2D eigenvalue weighted by atomic mass is 16.8. The van der Waals surface area contributed by atoms with Crippen molar-refractivity contribution in [2.45, 2.75) is 116 Å². The molecule has 0 aliphatic carbocycles. The first kappa shape index (κ1) is 43.5. The largest absolute Gasteiger partial charge is 0.444 e. The molecule has 0 radical (unpaired) electrons. The first-order valence-corrected chi connectivity index (χ1v) is 20.0. The van der Waals surface area contributed by atoms with Gasteiger partial charge in [0.2, 0.25) is 0 Å². The topological polar surface area (TPSA) is 111 Å². The molecular formula is C48H55NO10. The molecule has 312 valence electrons. The summed E-state index contributed by atoms with van der Waals surface area (Å²) in [5.74, 6) is 3.62. The fourth-order valence-corrected chi connectivity index (χ4v) is 7.01. The Hall–Kier alpha value is -5.06. The van der Waals surface area contributed by atoms with Gasteiger partial charge in [0.1, 0.15) is 35.7 Å². The Morgan fingerprint density at radius 3 is 1.68 bits per heavy atom. The third-order valence-electron chi connectivity index (χ3n) is 9.71. The molecule has 6 rings (SSSR count). The van der Waals surface area contributed by atoms with E-state index in [0.29, 0.717) is 0 Å². The lowest BCUT2D eigenvalue weighted by Gasteiger charge is -2.49. The first-order chi connectivity index (χ1) is 28.3. The molecule has 6 atom stereocenters. The van der Waals surface area contributed by atoms with Crippen molar-refractivity contribution in [2.75, 3.05) is 13.2 Å². The van der Waals surface area contributed by atoms with Gasteiger partial charge in [-0.05, 0) is 62.8 Å². The van der Waals surface area contributed by atoms with E-state index < -0.39 is 59.6 Å². The highest BCUT2D eigenvalue weighted by molar-refractivity contribution is 5.70. The quantitative estimate of drug-likeness (QED) is 0.0919. The van der Waals surface area contributed by atoms with Gasteiger partial charge in [0.05, 0.1) is 39.6 Å². The van der Waals surface area contributed by atoms with E-state index in [4.69, 9.17) is 37.9 Å². The van der Waals surface area contributed by atoms with Crippen molar-refractivity contribution < 1.29 is 47.5 Å². The number of carbonyl (C=O) groups excluding carboxylic acids is 2. The third-order valence-corrected chi connectivity index (χ3v) is 9.71. The number of hydrogen-bond donors (Lipinski definition) is 0. The molecule has 0 spiro atoms. The minimum absolute atomic E-state index is 0.0131. The molecule has 0 unspecified atom stereocenters. The van der Waals surface area contributed by atoms with Crippen molar-refractivity contribution in [1.82, 2.24) is 4.90 Å². The van der Waals surface area contributed by atoms with Crippen LogP contribution in [0.3, 0.4) is 0 Å². The molecule has 4 aromatic carbocycles. The second-order valence-corrected chi connectivity index (χ2v) is 16.1. The Kier molecular flexibility index (Phi) is 14.6. The van der Waals surface area contributed by atoms with E-state index in [2.05, 4.69) is 11.8 Å². The SMILES string of the molecule is CC(=O)O[C@@]1(C#C[C@H]2COC(C)(C)N2C(=O)OC(C)(C)C)O[C@H](COCc2ccccc2)[C@H](OCc2ccccc2)[C@H](OCc2ccccc2)[C@H]1OCc1ccccc1. The predicted molar refractivity (Wildman–Crippen MR) is 220 cm³/mol. The van der Waals surface area contributed by atoms with Crippen LogP contribution in [0, 0.1) is 11.8 Å². The summed E-state index contributed by atoms with van der Waals surface area (Å²) >= 11 is 0. The normalized spacial score (nSPS) is 23.8. The van der Waals surface area contributed by atoms with E-state index in [1.54, 1.807) is 34.6 Å². The van der Waals surface area contributed by atoms with E-state index in [1.165, 1.54) is 11.8 Å². The molecule has 2 aliphatic heterocycles. The molecule has 2 heterocycles. The molecule has 4 aromatic rings. The molecule has 0 saturated carbocycles. The number of ether oxygens (including phenoxy) is 8. The van der Waals surface area contributed by atoms with Gasteiger partial charge in [0.25, 0.3) is 0 Å². The Labute approximate surface area is 347 Å². The molecule has 0 N–H and O–H groups in total. The maximum atomic E-state index is 13.7. The number of hydrogen-bond acceptors (Lipinski definition) is 10. The minimum Gasteiger partial charge on any atom is -0.444 e. The monoisotopic (exact) mass is 805 g/mol. The number of nitrogens with zero attached hydrogens (tertiary/aromatic N) is 1. The van der Waals surface area contributed by atoms with Gasteiger partial charge < -0.3 is 37.9 Å². The van der Waals surface area contributed by atoms with E-state index in [0.717, 1.165) is 22.3 Å². The first-order valence-electron chi connectivity index (χ1n) is 20.0. The summed E-state index contributed by atoms with van der Waals surface area (Å²) in [6, 6.07) is 38.1. The molecular weight excluding hydrogens is 751 g/mol. The van der Waals surface area contributed by atoms with Gasteiger partial charge in [0.15, 0.2) is 6.10 Å². The van der Waals surface area contributed by atoms with E-state index in [9.17, 15) is 9.59 Å². The number of rotatable bonds is 14. The Morgan fingerprint density at radius 2 is 1.19 bits per heavy atom. The smallest absolute Gasteiger partial charge is 0.413 e. The highest BCUT2D eigenvalue weighted by Gasteiger charge is 2.59. The zero-order chi connectivity index (χ0) is 41.9. The van der Waals surface area contributed by atoms with Crippen LogP contribution in [0.4, 0.5) is 4.79 Å². The van der Waals surface area contributed by atoms with Crippen LogP contribution in [0.1, 0.15) is 63.8 Å². The minimum atomic E-state index is -2.08. The van der Waals surface area contributed by atoms with Crippen LogP contribution in [-0.4, -0.2) is 77.7 Å². The van der Waals surface area contributed by atoms with E-state index >= 15 is 0 Å². The Bertz CT molecular complexity index is 1990. The van der Waals surface area contributed by atoms with Gasteiger partial charge in [-0.3, -0.25) is 9.69 Å². The maximum absolute atomic E-state index is 13.7. The molecule has 2 fully saturated rings. The molecule has 11 heteroatoms. The summed E-state index contributed by atoms with van der Waals surface area (Å²) in [6.45, 7) is 11.0. The van der Waals surface area contributed by atoms with Crippen molar-refractivity contribution in [2.24, 2.45) is 0 Å². The maximum Gasteiger partial charge on any atom is 0.413 e. The number of carbonyl (C=O) groups is 2. The number of amides is 1. The van der Waals surface area contributed by atoms with Gasteiger partial charge in [-0.25, -0.2) is 4.79 Å². The summed E-state index contributed by atoms with van der Waals surface area (Å²) in [6.07, 6.45) is -4.43. The third kappa shape index (κ3) is 12.0. The molecule has 0 aromatic heterocycles. The van der Waals surface area contributed by atoms with Crippen LogP contribution in [0.25, 0.3) is 0 Å². The van der Waals surface area contributed by atoms with Crippen LogP contribution in [0.2, 0.25) is 0 Å². The van der Waals surface area contributed by atoms with E-state index in [-0.39, 0.29) is 39.6 Å². The lowest BCUT2D eigenvalue weighted by molar-refractivity contribution is -0.349. The van der Waals surface area contributed by atoms with Crippen molar-refractivity contribution in [3.8, 4) is 11.8 Å². The van der Waals surface area contributed by atoms with Crippen molar-refractivity contribution >= 4 is 12.1 Å². The lowest BCUT2D eigenvalue weighted by Crippen LogP contribution is -2.68. The van der Waals surface area contributed by atoms with Crippen LogP contribution in [0.15, 0.2) is 121 Å². The predicted octanol–water partition coefficient (Wildman–Crippen LogP) is 7.99. The second kappa shape index (κ2) is 19.8. The molecule has 1 amide bonds. The second-order valence-electron chi connectivity index (χ2n) is 16.1. The number of esters is 1. The summed E-state index contributed by atoms with van der Waals surface area (Å²) in [5.41, 5.74) is 1.82. The molecule has 2 aliphatic rings. The highest BCUT2D eigenvalue weighted by Crippen LogP contribution is 2.39. The van der Waals surface area contributed by atoms with Crippen molar-refractivity contribution in [1.29, 1.82) is 0 Å². The summed E-state index contributed by atoms with van der Waals surface area (Å²) in [5, 5.41) is 0. The lowest BCUT2D eigenvalue weighted by atomic mass is 9.91. The molecule has 59 heavy (non-hydrogen) atoms. The van der Waals surface area contributed by atoms with Gasteiger partial charge >= 0.3 is 17.8 Å². The van der Waals surface area contributed by atoms with Crippen LogP contribution in [-0.2, 0) is 69.1 Å². The number of benzene rings is 4. The van der Waals surface area contributed by atoms with Crippen molar-refractivity contribution in [3.63, 3.8) is 0 Å². The average molecular weight is 806 g/mol. The van der Waals surface area contributed by atoms with Crippen LogP contribution >= 0.6 is 0 Å². The summed E-state index contributed by atoms with van der Waals surface area (Å²) < 4.78 is 51.8. The van der Waals surface area contributed by atoms with Crippen molar-refractivity contribution in [3.05, 3.63) is 144 Å². The fourth-order valence-electron chi connectivity index (χ4n) is 7.01. The van der Waals surface area contributed by atoms with Gasteiger partial charge in [0, 0.05) is 6.92 Å². The average Bonchev–Trinajstić information content (AvgIpc) is 3.52. The zero-order valence-corrected chi connectivity index (χ0v) is 34.7. The van der Waals surface area contributed by atoms with Gasteiger partial charge in [-0.15, -0.1) is 0 Å².